The average Bonchev–Trinajstić information content (AvgIpc) is 2.44. The van der Waals surface area contributed by atoms with Crippen molar-refractivity contribution in [3.63, 3.8) is 0 Å². The topological polar surface area (TPSA) is 72.3 Å². The van der Waals surface area contributed by atoms with Crippen LogP contribution in [0, 0.1) is 6.92 Å². The summed E-state index contributed by atoms with van der Waals surface area (Å²) in [6.45, 7) is 5.64. The third kappa shape index (κ3) is 3.54. The fourth-order valence-corrected chi connectivity index (χ4v) is 2.42. The molecular formula is C17H21N3O. The van der Waals surface area contributed by atoms with E-state index in [1.165, 1.54) is 0 Å². The molecule has 4 nitrogen and oxygen atoms in total. The van der Waals surface area contributed by atoms with Gasteiger partial charge < -0.3 is 16.4 Å². The van der Waals surface area contributed by atoms with Crippen molar-refractivity contribution >= 4 is 17.3 Å². The molecule has 0 aliphatic carbocycles. The summed E-state index contributed by atoms with van der Waals surface area (Å²) in [5.41, 5.74) is 15.6. The zero-order chi connectivity index (χ0) is 15.4. The van der Waals surface area contributed by atoms with Crippen LogP contribution in [0.5, 0.6) is 0 Å². The standard InChI is InChI=1S/C17H21N3O/c1-3-20(11-13-5-4-6-14(18)10-13)15-7-8-16(17(19)21)12(2)9-15/h4-10H,3,11,18H2,1-2H3,(H2,19,21). The molecule has 0 radical (unpaired) electrons. The SMILES string of the molecule is CCN(Cc1cccc(N)c1)c1ccc(C(N)=O)c(C)c1. The fraction of sp³-hybridized carbons (Fsp3) is 0.235. The number of nitrogens with zero attached hydrogens (tertiary/aromatic N) is 1. The summed E-state index contributed by atoms with van der Waals surface area (Å²) in [6, 6.07) is 13.6. The lowest BCUT2D eigenvalue weighted by Crippen LogP contribution is -2.22. The second kappa shape index (κ2) is 6.31. The van der Waals surface area contributed by atoms with Crippen LogP contribution in [0.3, 0.4) is 0 Å². The molecule has 1 amide bonds. The Bertz CT molecular complexity index is 652. The van der Waals surface area contributed by atoms with Gasteiger partial charge in [0.25, 0.3) is 0 Å². The number of nitrogens with two attached hydrogens (primary N) is 2. The van der Waals surface area contributed by atoms with E-state index in [9.17, 15) is 4.79 Å². The number of amides is 1. The van der Waals surface area contributed by atoms with E-state index in [2.05, 4.69) is 17.9 Å². The summed E-state index contributed by atoms with van der Waals surface area (Å²) in [6.07, 6.45) is 0. The Kier molecular flexibility index (Phi) is 4.48. The number of nitrogen functional groups attached to an aromatic ring is 1. The molecule has 4 N–H and O–H groups in total. The molecule has 0 saturated heterocycles. The molecule has 0 bridgehead atoms. The summed E-state index contributed by atoms with van der Waals surface area (Å²) >= 11 is 0. The van der Waals surface area contributed by atoms with Crippen molar-refractivity contribution in [3.05, 3.63) is 59.2 Å². The van der Waals surface area contributed by atoms with E-state index < -0.39 is 5.91 Å². The predicted octanol–water partition coefficient (Wildman–Crippen LogP) is 2.70. The van der Waals surface area contributed by atoms with Gasteiger partial charge in [-0.05, 0) is 55.3 Å². The van der Waals surface area contributed by atoms with E-state index in [4.69, 9.17) is 11.5 Å². The number of hydrogen-bond donors (Lipinski definition) is 2. The van der Waals surface area contributed by atoms with Gasteiger partial charge in [-0.3, -0.25) is 4.79 Å². The van der Waals surface area contributed by atoms with Gasteiger partial charge in [0.1, 0.15) is 0 Å². The molecule has 21 heavy (non-hydrogen) atoms. The van der Waals surface area contributed by atoms with E-state index in [0.29, 0.717) is 5.56 Å². The van der Waals surface area contributed by atoms with Crippen molar-refractivity contribution < 1.29 is 4.79 Å². The number of anilines is 2. The fourth-order valence-electron chi connectivity index (χ4n) is 2.42. The minimum absolute atomic E-state index is 0.391. The monoisotopic (exact) mass is 283 g/mol. The molecule has 0 aliphatic rings. The number of aryl methyl sites for hydroxylation is 1. The first kappa shape index (κ1) is 14.9. The van der Waals surface area contributed by atoms with Crippen LogP contribution in [0.1, 0.15) is 28.4 Å². The Morgan fingerprint density at radius 2 is 1.95 bits per heavy atom. The molecule has 2 aromatic rings. The highest BCUT2D eigenvalue weighted by molar-refractivity contribution is 5.94. The third-order valence-electron chi connectivity index (χ3n) is 3.55. The van der Waals surface area contributed by atoms with E-state index in [1.54, 1.807) is 6.07 Å². The number of carbonyl (C=O) groups excluding carboxylic acids is 1. The summed E-state index contributed by atoms with van der Waals surface area (Å²) in [5, 5.41) is 0. The van der Waals surface area contributed by atoms with Gasteiger partial charge in [0.15, 0.2) is 0 Å². The molecule has 0 atom stereocenters. The van der Waals surface area contributed by atoms with Gasteiger partial charge in [0.2, 0.25) is 5.91 Å². The van der Waals surface area contributed by atoms with Gasteiger partial charge >= 0.3 is 0 Å². The first-order valence-electron chi connectivity index (χ1n) is 7.01. The third-order valence-corrected chi connectivity index (χ3v) is 3.55. The normalized spacial score (nSPS) is 10.4. The van der Waals surface area contributed by atoms with Crippen LogP contribution in [0.4, 0.5) is 11.4 Å². The maximum atomic E-state index is 11.3. The Balaban J connectivity index is 2.25. The molecule has 0 saturated carbocycles. The molecule has 0 unspecified atom stereocenters. The van der Waals surface area contributed by atoms with Crippen molar-refractivity contribution in [2.45, 2.75) is 20.4 Å². The predicted molar refractivity (Wildman–Crippen MR) is 87.3 cm³/mol. The summed E-state index contributed by atoms with van der Waals surface area (Å²) in [4.78, 5) is 13.5. The minimum Gasteiger partial charge on any atom is -0.399 e. The molecule has 0 aliphatic heterocycles. The summed E-state index contributed by atoms with van der Waals surface area (Å²) < 4.78 is 0. The number of primary amides is 1. The maximum Gasteiger partial charge on any atom is 0.248 e. The quantitative estimate of drug-likeness (QED) is 0.829. The van der Waals surface area contributed by atoms with Crippen molar-refractivity contribution in [2.24, 2.45) is 5.73 Å². The van der Waals surface area contributed by atoms with Gasteiger partial charge in [-0.25, -0.2) is 0 Å². The van der Waals surface area contributed by atoms with Crippen LogP contribution in [0.25, 0.3) is 0 Å². The molecule has 0 aromatic heterocycles. The maximum absolute atomic E-state index is 11.3. The largest absolute Gasteiger partial charge is 0.399 e. The van der Waals surface area contributed by atoms with Crippen LogP contribution in [-0.2, 0) is 6.54 Å². The number of rotatable bonds is 5. The molecule has 4 heteroatoms. The highest BCUT2D eigenvalue weighted by atomic mass is 16.1. The van der Waals surface area contributed by atoms with Crippen molar-refractivity contribution in [1.82, 2.24) is 0 Å². The van der Waals surface area contributed by atoms with E-state index in [1.807, 2.05) is 37.3 Å². The lowest BCUT2D eigenvalue weighted by molar-refractivity contribution is 0.0999. The Morgan fingerprint density at radius 1 is 1.19 bits per heavy atom. The molecule has 110 valence electrons. The first-order valence-corrected chi connectivity index (χ1v) is 7.01. The zero-order valence-electron chi connectivity index (χ0n) is 12.5. The molecule has 0 fully saturated rings. The van der Waals surface area contributed by atoms with Gasteiger partial charge in [-0.15, -0.1) is 0 Å². The second-order valence-corrected chi connectivity index (χ2v) is 5.12. The Morgan fingerprint density at radius 3 is 2.52 bits per heavy atom. The first-order chi connectivity index (χ1) is 10.0. The van der Waals surface area contributed by atoms with E-state index in [0.717, 1.165) is 35.6 Å². The van der Waals surface area contributed by atoms with Crippen LogP contribution < -0.4 is 16.4 Å². The van der Waals surface area contributed by atoms with Gasteiger partial charge in [-0.1, -0.05) is 12.1 Å². The van der Waals surface area contributed by atoms with Crippen molar-refractivity contribution in [3.8, 4) is 0 Å². The number of benzene rings is 2. The second-order valence-electron chi connectivity index (χ2n) is 5.12. The van der Waals surface area contributed by atoms with Gasteiger partial charge in [0.05, 0.1) is 0 Å². The molecular weight excluding hydrogens is 262 g/mol. The number of carbonyl (C=O) groups is 1. The smallest absolute Gasteiger partial charge is 0.248 e. The van der Waals surface area contributed by atoms with Crippen LogP contribution in [0.2, 0.25) is 0 Å². The highest BCUT2D eigenvalue weighted by Gasteiger charge is 2.10. The lowest BCUT2D eigenvalue weighted by Gasteiger charge is -2.24. The van der Waals surface area contributed by atoms with Crippen LogP contribution >= 0.6 is 0 Å². The minimum atomic E-state index is -0.391. The van der Waals surface area contributed by atoms with Crippen molar-refractivity contribution in [1.29, 1.82) is 0 Å². The van der Waals surface area contributed by atoms with Crippen LogP contribution in [-0.4, -0.2) is 12.5 Å². The van der Waals surface area contributed by atoms with E-state index >= 15 is 0 Å². The summed E-state index contributed by atoms with van der Waals surface area (Å²) in [7, 11) is 0. The lowest BCUT2D eigenvalue weighted by atomic mass is 10.1. The average molecular weight is 283 g/mol. The van der Waals surface area contributed by atoms with E-state index in [-0.39, 0.29) is 0 Å². The molecule has 0 spiro atoms. The highest BCUT2D eigenvalue weighted by Crippen LogP contribution is 2.21. The Hall–Kier alpha value is -2.49. The van der Waals surface area contributed by atoms with Gasteiger partial charge in [0, 0.05) is 30.0 Å². The molecule has 2 rings (SSSR count). The van der Waals surface area contributed by atoms with Crippen LogP contribution in [0.15, 0.2) is 42.5 Å². The van der Waals surface area contributed by atoms with Gasteiger partial charge in [-0.2, -0.15) is 0 Å². The summed E-state index contributed by atoms with van der Waals surface area (Å²) in [5.74, 6) is -0.391. The molecule has 0 heterocycles. The van der Waals surface area contributed by atoms with Crippen molar-refractivity contribution in [2.75, 3.05) is 17.2 Å². The number of hydrogen-bond acceptors (Lipinski definition) is 3. The zero-order valence-corrected chi connectivity index (χ0v) is 12.5. The molecule has 2 aromatic carbocycles. The Labute approximate surface area is 125 Å².